The second-order valence-electron chi connectivity index (χ2n) is 13.0. The van der Waals surface area contributed by atoms with Crippen molar-refractivity contribution in [2.45, 2.75) is 123 Å². The Morgan fingerprint density at radius 3 is 2.52 bits per heavy atom. The van der Waals surface area contributed by atoms with E-state index in [0.717, 1.165) is 48.3 Å². The van der Waals surface area contributed by atoms with E-state index in [0.29, 0.717) is 16.9 Å². The summed E-state index contributed by atoms with van der Waals surface area (Å²) in [7, 11) is 0. The van der Waals surface area contributed by atoms with Crippen LogP contribution in [0.5, 0.6) is 0 Å². The number of ether oxygens (including phenoxy) is 1. The van der Waals surface area contributed by atoms with E-state index in [1.165, 1.54) is 57.8 Å². The average Bonchev–Trinajstić information content (AvgIpc) is 3.22. The summed E-state index contributed by atoms with van der Waals surface area (Å²) >= 11 is 0. The minimum absolute atomic E-state index is 0.0434. The number of epoxide rings is 1. The zero-order valence-corrected chi connectivity index (χ0v) is 19.8. The van der Waals surface area contributed by atoms with Gasteiger partial charge in [-0.05, 0) is 85.9 Å². The highest BCUT2D eigenvalue weighted by Gasteiger charge is 2.76. The summed E-state index contributed by atoms with van der Waals surface area (Å²) in [5.41, 5.74) is 0.932. The SMILES string of the molecule is CC(C)CCCC(C)C1CCC2C3CC4OC45C[C@@H](O)CCC5(C)C3CCC12C. The lowest BCUT2D eigenvalue weighted by Crippen LogP contribution is -2.58. The summed E-state index contributed by atoms with van der Waals surface area (Å²) in [6.07, 6.45) is 14.8. The molecule has 1 spiro atoms. The largest absolute Gasteiger partial charge is 0.393 e. The normalized spacial score (nSPS) is 54.3. The van der Waals surface area contributed by atoms with Gasteiger partial charge in [-0.1, -0.05) is 53.9 Å². The second-order valence-corrected chi connectivity index (χ2v) is 13.0. The molecule has 0 bridgehead atoms. The number of aliphatic hydroxyl groups is 1. The van der Waals surface area contributed by atoms with Gasteiger partial charge < -0.3 is 9.84 Å². The van der Waals surface area contributed by atoms with Gasteiger partial charge in [-0.25, -0.2) is 0 Å². The molecule has 4 aliphatic carbocycles. The van der Waals surface area contributed by atoms with Crippen molar-refractivity contribution in [2.75, 3.05) is 0 Å². The zero-order chi connectivity index (χ0) is 20.6. The van der Waals surface area contributed by atoms with Crippen molar-refractivity contribution >= 4 is 0 Å². The van der Waals surface area contributed by atoms with Gasteiger partial charge in [0.15, 0.2) is 0 Å². The standard InChI is InChI=1S/C27H46O2/c1-17(2)7-6-8-18(3)21-9-10-22-20-15-24-27(29-24)16-19(28)11-14-26(27,5)23(20)12-13-25(21,22)4/h17-24,28H,6-16H2,1-5H3/t18?,19-,20?,21?,22?,23?,24?,25?,26?,27?/m0/s1. The molecule has 1 saturated heterocycles. The molecule has 1 N–H and O–H groups in total. The third-order valence-electron chi connectivity index (χ3n) is 11.3. The quantitative estimate of drug-likeness (QED) is 0.525. The summed E-state index contributed by atoms with van der Waals surface area (Å²) in [5, 5.41) is 10.4. The van der Waals surface area contributed by atoms with Crippen molar-refractivity contribution in [1.29, 1.82) is 0 Å². The molecule has 0 amide bonds. The topological polar surface area (TPSA) is 32.8 Å². The van der Waals surface area contributed by atoms with Crippen LogP contribution in [0.25, 0.3) is 0 Å². The van der Waals surface area contributed by atoms with Crippen molar-refractivity contribution in [3.8, 4) is 0 Å². The molecule has 0 radical (unpaired) electrons. The van der Waals surface area contributed by atoms with Crippen LogP contribution in [0, 0.1) is 46.3 Å². The fourth-order valence-corrected chi connectivity index (χ4v) is 9.68. The number of rotatable bonds is 5. The molecule has 5 fully saturated rings. The Morgan fingerprint density at radius 1 is 0.966 bits per heavy atom. The third kappa shape index (κ3) is 2.94. The Bertz CT molecular complexity index is 630. The molecular formula is C27H46O2. The van der Waals surface area contributed by atoms with Gasteiger partial charge in [0.1, 0.15) is 5.60 Å². The molecular weight excluding hydrogens is 356 g/mol. The maximum atomic E-state index is 10.4. The highest BCUT2D eigenvalue weighted by molar-refractivity contribution is 5.24. The van der Waals surface area contributed by atoms with E-state index in [4.69, 9.17) is 4.74 Å². The Labute approximate surface area is 179 Å². The van der Waals surface area contributed by atoms with E-state index in [1.54, 1.807) is 0 Å². The molecule has 9 unspecified atom stereocenters. The van der Waals surface area contributed by atoms with Crippen LogP contribution in [0.3, 0.4) is 0 Å². The van der Waals surface area contributed by atoms with E-state index in [2.05, 4.69) is 34.6 Å². The Kier molecular flexibility index (Phi) is 4.99. The van der Waals surface area contributed by atoms with Gasteiger partial charge in [0.05, 0.1) is 12.2 Å². The molecule has 4 saturated carbocycles. The number of fused-ring (bicyclic) bond motifs is 4. The van der Waals surface area contributed by atoms with Gasteiger partial charge in [-0.2, -0.15) is 0 Å². The van der Waals surface area contributed by atoms with Gasteiger partial charge >= 0.3 is 0 Å². The lowest BCUT2D eigenvalue weighted by molar-refractivity contribution is -0.116. The molecule has 1 aliphatic heterocycles. The molecule has 166 valence electrons. The predicted molar refractivity (Wildman–Crippen MR) is 119 cm³/mol. The maximum absolute atomic E-state index is 10.4. The lowest BCUT2D eigenvalue weighted by Gasteiger charge is -2.59. The molecule has 10 atom stereocenters. The highest BCUT2D eigenvalue weighted by atomic mass is 16.6. The molecule has 29 heavy (non-hydrogen) atoms. The smallest absolute Gasteiger partial charge is 0.103 e. The minimum Gasteiger partial charge on any atom is -0.393 e. The highest BCUT2D eigenvalue weighted by Crippen LogP contribution is 2.74. The van der Waals surface area contributed by atoms with Gasteiger partial charge in [0.2, 0.25) is 0 Å². The van der Waals surface area contributed by atoms with Crippen LogP contribution in [0.2, 0.25) is 0 Å². The number of hydrogen-bond donors (Lipinski definition) is 1. The van der Waals surface area contributed by atoms with Crippen LogP contribution in [0.4, 0.5) is 0 Å². The van der Waals surface area contributed by atoms with Crippen LogP contribution >= 0.6 is 0 Å². The van der Waals surface area contributed by atoms with Crippen molar-refractivity contribution in [2.24, 2.45) is 46.3 Å². The summed E-state index contributed by atoms with van der Waals surface area (Å²) in [6.45, 7) is 12.6. The van der Waals surface area contributed by atoms with Crippen LogP contribution in [0.1, 0.15) is 105 Å². The van der Waals surface area contributed by atoms with Gasteiger partial charge in [-0.3, -0.25) is 0 Å². The van der Waals surface area contributed by atoms with Gasteiger partial charge in [0.25, 0.3) is 0 Å². The minimum atomic E-state index is -0.124. The third-order valence-corrected chi connectivity index (χ3v) is 11.3. The molecule has 0 aromatic rings. The summed E-state index contributed by atoms with van der Waals surface area (Å²) < 4.78 is 6.51. The van der Waals surface area contributed by atoms with Crippen molar-refractivity contribution in [1.82, 2.24) is 0 Å². The van der Waals surface area contributed by atoms with Crippen molar-refractivity contribution in [3.05, 3.63) is 0 Å². The predicted octanol–water partition coefficient (Wildman–Crippen LogP) is 6.60. The molecule has 0 aromatic carbocycles. The first-order chi connectivity index (χ1) is 13.7. The first kappa shape index (κ1) is 20.8. The molecule has 1 heterocycles. The lowest BCUT2D eigenvalue weighted by atomic mass is 9.44. The van der Waals surface area contributed by atoms with E-state index < -0.39 is 0 Å². The summed E-state index contributed by atoms with van der Waals surface area (Å²) in [6, 6.07) is 0. The average molecular weight is 403 g/mol. The number of hydrogen-bond acceptors (Lipinski definition) is 2. The first-order valence-electron chi connectivity index (χ1n) is 13.1. The van der Waals surface area contributed by atoms with E-state index in [1.807, 2.05) is 0 Å². The molecule has 0 aromatic heterocycles. The fourth-order valence-electron chi connectivity index (χ4n) is 9.68. The maximum Gasteiger partial charge on any atom is 0.103 e. The van der Waals surface area contributed by atoms with Gasteiger partial charge in [-0.15, -0.1) is 0 Å². The molecule has 5 rings (SSSR count). The van der Waals surface area contributed by atoms with Gasteiger partial charge in [0, 0.05) is 11.8 Å². The van der Waals surface area contributed by atoms with Crippen molar-refractivity contribution < 1.29 is 9.84 Å². The second kappa shape index (κ2) is 6.96. The first-order valence-corrected chi connectivity index (χ1v) is 13.1. The van der Waals surface area contributed by atoms with Crippen LogP contribution in [-0.4, -0.2) is 22.9 Å². The Morgan fingerprint density at radius 2 is 1.76 bits per heavy atom. The van der Waals surface area contributed by atoms with Crippen LogP contribution in [-0.2, 0) is 4.74 Å². The Balaban J connectivity index is 1.33. The zero-order valence-electron chi connectivity index (χ0n) is 19.8. The van der Waals surface area contributed by atoms with Crippen molar-refractivity contribution in [3.63, 3.8) is 0 Å². The van der Waals surface area contributed by atoms with E-state index >= 15 is 0 Å². The van der Waals surface area contributed by atoms with E-state index in [-0.39, 0.29) is 11.7 Å². The fraction of sp³-hybridized carbons (Fsp3) is 1.00. The van der Waals surface area contributed by atoms with E-state index in [9.17, 15) is 5.11 Å². The summed E-state index contributed by atoms with van der Waals surface area (Å²) in [5.74, 6) is 5.31. The molecule has 5 aliphatic rings. The van der Waals surface area contributed by atoms with Crippen LogP contribution < -0.4 is 0 Å². The number of aliphatic hydroxyl groups excluding tert-OH is 1. The monoisotopic (exact) mass is 402 g/mol. The van der Waals surface area contributed by atoms with Crippen LogP contribution in [0.15, 0.2) is 0 Å². The Hall–Kier alpha value is -0.0800. The summed E-state index contributed by atoms with van der Waals surface area (Å²) in [4.78, 5) is 0. The molecule has 2 nitrogen and oxygen atoms in total. The molecule has 2 heteroatoms.